The molecule has 0 aromatic heterocycles. The van der Waals surface area contributed by atoms with Gasteiger partial charge in [-0.1, -0.05) is 21.1 Å². The molecule has 1 aromatic carbocycles. The van der Waals surface area contributed by atoms with Crippen LogP contribution in [0.4, 0.5) is 8.78 Å². The van der Waals surface area contributed by atoms with Crippen molar-refractivity contribution in [1.29, 1.82) is 0 Å². The second-order valence-corrected chi connectivity index (χ2v) is 4.51. The lowest BCUT2D eigenvalue weighted by molar-refractivity contribution is 0.286. The van der Waals surface area contributed by atoms with E-state index in [0.717, 1.165) is 6.07 Å². The second-order valence-electron chi connectivity index (χ2n) is 3.60. The number of rotatable bonds is 6. The number of nitrogens with two attached hydrogens (primary N) is 1. The minimum absolute atomic E-state index is 0.134. The van der Waals surface area contributed by atoms with Crippen LogP contribution in [0.3, 0.4) is 0 Å². The summed E-state index contributed by atoms with van der Waals surface area (Å²) in [5, 5.41) is 11.1. The molecule has 0 aliphatic rings. The van der Waals surface area contributed by atoms with Crippen LogP contribution in [0.5, 0.6) is 5.75 Å². The van der Waals surface area contributed by atoms with E-state index in [9.17, 15) is 8.78 Å². The zero-order valence-corrected chi connectivity index (χ0v) is 11.1. The van der Waals surface area contributed by atoms with E-state index < -0.39 is 11.6 Å². The monoisotopic (exact) mass is 322 g/mol. The topological polar surface area (TPSA) is 67.8 Å². The third-order valence-corrected chi connectivity index (χ3v) is 2.63. The van der Waals surface area contributed by atoms with Gasteiger partial charge in [-0.15, -0.1) is 0 Å². The van der Waals surface area contributed by atoms with Crippen molar-refractivity contribution in [2.45, 2.75) is 19.3 Å². The molecule has 0 saturated heterocycles. The first kappa shape index (κ1) is 14.7. The molecule has 0 aliphatic heterocycles. The molecule has 0 saturated carbocycles. The van der Waals surface area contributed by atoms with Crippen LogP contribution in [-0.4, -0.2) is 17.6 Å². The molecule has 0 unspecified atom stereocenters. The van der Waals surface area contributed by atoms with Crippen molar-refractivity contribution in [3.05, 3.63) is 28.2 Å². The Balaban J connectivity index is 2.40. The van der Waals surface area contributed by atoms with E-state index in [-0.39, 0.29) is 18.2 Å². The molecular weight excluding hydrogens is 310 g/mol. The van der Waals surface area contributed by atoms with Gasteiger partial charge in [-0.2, -0.15) is 4.39 Å². The van der Waals surface area contributed by atoms with E-state index in [0.29, 0.717) is 23.7 Å². The van der Waals surface area contributed by atoms with Crippen LogP contribution in [0.1, 0.15) is 19.3 Å². The summed E-state index contributed by atoms with van der Waals surface area (Å²) in [4.78, 5) is 0. The maximum absolute atomic E-state index is 13.3. The molecule has 0 heterocycles. The number of halogens is 3. The van der Waals surface area contributed by atoms with Gasteiger partial charge in [-0.25, -0.2) is 4.39 Å². The van der Waals surface area contributed by atoms with Gasteiger partial charge in [-0.05, 0) is 25.0 Å². The predicted molar refractivity (Wildman–Crippen MR) is 66.8 cm³/mol. The van der Waals surface area contributed by atoms with Crippen molar-refractivity contribution in [3.63, 3.8) is 0 Å². The third kappa shape index (κ3) is 4.48. The number of oxime groups is 1. The highest BCUT2D eigenvalue weighted by molar-refractivity contribution is 9.10. The summed E-state index contributed by atoms with van der Waals surface area (Å²) in [5.41, 5.74) is 5.27. The maximum atomic E-state index is 13.3. The molecule has 18 heavy (non-hydrogen) atoms. The van der Waals surface area contributed by atoms with Gasteiger partial charge >= 0.3 is 0 Å². The lowest BCUT2D eigenvalue weighted by Crippen LogP contribution is -2.11. The average molecular weight is 323 g/mol. The van der Waals surface area contributed by atoms with E-state index in [1.807, 2.05) is 0 Å². The number of nitrogens with zero attached hydrogens (tertiary/aromatic N) is 1. The van der Waals surface area contributed by atoms with Crippen LogP contribution in [-0.2, 0) is 0 Å². The largest absolute Gasteiger partial charge is 0.490 e. The van der Waals surface area contributed by atoms with Gasteiger partial charge in [0.2, 0.25) is 5.82 Å². The van der Waals surface area contributed by atoms with Gasteiger partial charge in [0, 0.05) is 10.9 Å². The Morgan fingerprint density at radius 2 is 2.11 bits per heavy atom. The smallest absolute Gasteiger partial charge is 0.200 e. The quantitative estimate of drug-likeness (QED) is 0.211. The molecule has 0 radical (unpaired) electrons. The fourth-order valence-corrected chi connectivity index (χ4v) is 1.69. The van der Waals surface area contributed by atoms with Crippen molar-refractivity contribution in [2.75, 3.05) is 6.61 Å². The Morgan fingerprint density at radius 1 is 1.39 bits per heavy atom. The first-order chi connectivity index (χ1) is 8.54. The second kappa shape index (κ2) is 7.15. The number of amidine groups is 1. The Bertz CT molecular complexity index is 441. The molecule has 0 amide bonds. The average Bonchev–Trinajstić information content (AvgIpc) is 2.34. The van der Waals surface area contributed by atoms with Crippen molar-refractivity contribution < 1.29 is 18.7 Å². The summed E-state index contributed by atoms with van der Waals surface area (Å²) < 4.78 is 31.8. The highest BCUT2D eigenvalue weighted by Gasteiger charge is 2.10. The summed E-state index contributed by atoms with van der Waals surface area (Å²) in [6.45, 7) is 0.228. The van der Waals surface area contributed by atoms with E-state index >= 15 is 0 Å². The lowest BCUT2D eigenvalue weighted by Gasteiger charge is -2.08. The maximum Gasteiger partial charge on any atom is 0.200 e. The fourth-order valence-electron chi connectivity index (χ4n) is 1.28. The summed E-state index contributed by atoms with van der Waals surface area (Å²) >= 11 is 3.05. The molecule has 0 aliphatic carbocycles. The normalized spacial score (nSPS) is 11.6. The molecule has 1 rings (SSSR count). The van der Waals surface area contributed by atoms with Gasteiger partial charge < -0.3 is 15.7 Å². The molecule has 0 atom stereocenters. The van der Waals surface area contributed by atoms with Crippen molar-refractivity contribution >= 4 is 21.8 Å². The lowest BCUT2D eigenvalue weighted by atomic mass is 10.2. The van der Waals surface area contributed by atoms with Crippen LogP contribution < -0.4 is 10.5 Å². The molecule has 3 N–H and O–H groups in total. The highest BCUT2D eigenvalue weighted by Crippen LogP contribution is 2.25. The van der Waals surface area contributed by atoms with Gasteiger partial charge in [-0.3, -0.25) is 0 Å². The standard InChI is InChI=1S/C11H13BrF2N2O2/c12-7-5-8(13)11(14)9(6-7)18-4-2-1-3-10(15)16-17/h5-6,17H,1-4H2,(H2,15,16). The minimum atomic E-state index is -1.00. The fraction of sp³-hybridized carbons (Fsp3) is 0.364. The van der Waals surface area contributed by atoms with Crippen molar-refractivity contribution in [2.24, 2.45) is 10.9 Å². The molecule has 0 bridgehead atoms. The number of benzene rings is 1. The van der Waals surface area contributed by atoms with E-state index in [4.69, 9.17) is 15.7 Å². The number of hydrogen-bond acceptors (Lipinski definition) is 3. The van der Waals surface area contributed by atoms with Crippen molar-refractivity contribution in [1.82, 2.24) is 0 Å². The Hall–Kier alpha value is -1.37. The minimum Gasteiger partial charge on any atom is -0.490 e. The van der Waals surface area contributed by atoms with Crippen LogP contribution in [0.2, 0.25) is 0 Å². The Kier molecular flexibility index (Phi) is 5.84. The highest BCUT2D eigenvalue weighted by atomic mass is 79.9. The molecule has 100 valence electrons. The zero-order chi connectivity index (χ0) is 13.5. The third-order valence-electron chi connectivity index (χ3n) is 2.17. The van der Waals surface area contributed by atoms with E-state index in [2.05, 4.69) is 21.1 Å². The number of hydrogen-bond donors (Lipinski definition) is 2. The van der Waals surface area contributed by atoms with Crippen LogP contribution in [0, 0.1) is 11.6 Å². The molecular formula is C11H13BrF2N2O2. The predicted octanol–water partition coefficient (Wildman–Crippen LogP) is 3.02. The van der Waals surface area contributed by atoms with Crippen LogP contribution in [0.25, 0.3) is 0 Å². The molecule has 0 spiro atoms. The molecule has 7 heteroatoms. The van der Waals surface area contributed by atoms with Gasteiger partial charge in [0.25, 0.3) is 0 Å². The first-order valence-electron chi connectivity index (χ1n) is 5.28. The molecule has 1 aromatic rings. The van der Waals surface area contributed by atoms with Crippen LogP contribution in [0.15, 0.2) is 21.8 Å². The summed E-state index contributed by atoms with van der Waals surface area (Å²) in [6, 6.07) is 2.39. The van der Waals surface area contributed by atoms with E-state index in [1.54, 1.807) is 0 Å². The number of unbranched alkanes of at least 4 members (excludes halogenated alkanes) is 1. The zero-order valence-electron chi connectivity index (χ0n) is 9.50. The molecule has 4 nitrogen and oxygen atoms in total. The SMILES string of the molecule is N/C(CCCCOc1cc(Br)cc(F)c1F)=N/O. The van der Waals surface area contributed by atoms with Gasteiger partial charge in [0.15, 0.2) is 11.6 Å². The summed E-state index contributed by atoms with van der Waals surface area (Å²) in [5.74, 6) is -1.97. The first-order valence-corrected chi connectivity index (χ1v) is 6.07. The molecule has 0 fully saturated rings. The van der Waals surface area contributed by atoms with E-state index in [1.165, 1.54) is 6.07 Å². The van der Waals surface area contributed by atoms with Gasteiger partial charge in [0.1, 0.15) is 5.84 Å². The summed E-state index contributed by atoms with van der Waals surface area (Å²) in [6.07, 6.45) is 1.65. The van der Waals surface area contributed by atoms with Crippen LogP contribution >= 0.6 is 15.9 Å². The number of ether oxygens (including phenoxy) is 1. The summed E-state index contributed by atoms with van der Waals surface area (Å²) in [7, 11) is 0. The Morgan fingerprint density at radius 3 is 2.78 bits per heavy atom. The van der Waals surface area contributed by atoms with Crippen molar-refractivity contribution in [3.8, 4) is 5.75 Å². The Labute approximate surface area is 112 Å². The van der Waals surface area contributed by atoms with Gasteiger partial charge in [0.05, 0.1) is 6.61 Å².